The van der Waals surface area contributed by atoms with Crippen LogP contribution in [0.2, 0.25) is 0 Å². The molecule has 1 unspecified atom stereocenters. The zero-order valence-corrected chi connectivity index (χ0v) is 19.3. The number of likely N-dealkylation sites (tertiary alicyclic amines) is 1. The second kappa shape index (κ2) is 9.61. The number of nitrogens with zero attached hydrogens (tertiary/aromatic N) is 3. The van der Waals surface area contributed by atoms with Crippen LogP contribution in [0.4, 0.5) is 0 Å². The number of amides is 1. The Hall–Kier alpha value is -3.05. The van der Waals surface area contributed by atoms with E-state index in [9.17, 15) is 4.79 Å². The van der Waals surface area contributed by atoms with Crippen molar-refractivity contribution in [3.63, 3.8) is 0 Å². The van der Waals surface area contributed by atoms with Crippen molar-refractivity contribution in [1.29, 1.82) is 0 Å². The number of aromatic nitrogens is 2. The van der Waals surface area contributed by atoms with Crippen LogP contribution < -0.4 is 5.32 Å². The predicted octanol–water partition coefficient (Wildman–Crippen LogP) is 4.33. The van der Waals surface area contributed by atoms with Crippen molar-refractivity contribution >= 4 is 5.91 Å². The normalized spacial score (nSPS) is 19.0. The summed E-state index contributed by atoms with van der Waals surface area (Å²) in [4.78, 5) is 24.1. The van der Waals surface area contributed by atoms with Gasteiger partial charge in [0.25, 0.3) is 0 Å². The molecule has 1 fully saturated rings. The van der Waals surface area contributed by atoms with E-state index in [1.165, 1.54) is 22.3 Å². The first-order valence-corrected chi connectivity index (χ1v) is 11.3. The molecule has 0 saturated carbocycles. The van der Waals surface area contributed by atoms with E-state index in [4.69, 9.17) is 0 Å². The minimum Gasteiger partial charge on any atom is -0.359 e. The summed E-state index contributed by atoms with van der Waals surface area (Å²) in [5, 5.41) is 2.97. The molecule has 1 saturated heterocycles. The lowest BCUT2D eigenvalue weighted by molar-refractivity contribution is -0.134. The monoisotopic (exact) mass is 428 g/mol. The van der Waals surface area contributed by atoms with Crippen LogP contribution in [0.1, 0.15) is 35.1 Å². The van der Waals surface area contributed by atoms with E-state index < -0.39 is 5.41 Å². The van der Waals surface area contributed by atoms with E-state index in [1.54, 1.807) is 13.4 Å². The van der Waals surface area contributed by atoms with Gasteiger partial charge in [0, 0.05) is 38.1 Å². The molecule has 166 valence electrons. The van der Waals surface area contributed by atoms with Crippen LogP contribution in [0.3, 0.4) is 0 Å². The lowest BCUT2D eigenvalue weighted by atomic mass is 9.73. The van der Waals surface area contributed by atoms with Gasteiger partial charge >= 0.3 is 0 Å². The quantitative estimate of drug-likeness (QED) is 0.635. The first-order chi connectivity index (χ1) is 15.5. The number of benzene rings is 2. The number of carbonyl (C=O) groups is 1. The van der Waals surface area contributed by atoms with E-state index >= 15 is 0 Å². The third-order valence-electron chi connectivity index (χ3n) is 6.76. The van der Waals surface area contributed by atoms with Gasteiger partial charge in [-0.3, -0.25) is 9.69 Å². The maximum atomic E-state index is 13.3. The molecule has 2 heterocycles. The van der Waals surface area contributed by atoms with Gasteiger partial charge in [0.15, 0.2) is 0 Å². The second-order valence-corrected chi connectivity index (χ2v) is 9.05. The zero-order chi connectivity index (χ0) is 22.6. The topological polar surface area (TPSA) is 58.1 Å². The first kappa shape index (κ1) is 22.2. The highest BCUT2D eigenvalue weighted by Gasteiger charge is 2.42. The summed E-state index contributed by atoms with van der Waals surface area (Å²) >= 11 is 0. The third-order valence-corrected chi connectivity index (χ3v) is 6.76. The highest BCUT2D eigenvalue weighted by molar-refractivity contribution is 5.83. The SMILES string of the molecule is CNC(=O)C1(Cc2ccccc2-c2cncnc2)CCCN(Cc2ccc(C)c(C)c2)C1. The molecule has 0 spiro atoms. The van der Waals surface area contributed by atoms with E-state index in [1.807, 2.05) is 18.5 Å². The van der Waals surface area contributed by atoms with Gasteiger partial charge in [-0.2, -0.15) is 0 Å². The summed E-state index contributed by atoms with van der Waals surface area (Å²) in [6.45, 7) is 6.94. The van der Waals surface area contributed by atoms with Gasteiger partial charge in [0.05, 0.1) is 5.41 Å². The van der Waals surface area contributed by atoms with Crippen molar-refractivity contribution < 1.29 is 4.79 Å². The Labute approximate surface area is 190 Å². The number of piperidine rings is 1. The number of hydrogen-bond acceptors (Lipinski definition) is 4. The van der Waals surface area contributed by atoms with Crippen LogP contribution in [-0.2, 0) is 17.8 Å². The molecule has 3 aromatic rings. The van der Waals surface area contributed by atoms with Gasteiger partial charge in [0.2, 0.25) is 5.91 Å². The van der Waals surface area contributed by atoms with Gasteiger partial charge in [0.1, 0.15) is 6.33 Å². The number of aryl methyl sites for hydroxylation is 2. The minimum atomic E-state index is -0.460. The van der Waals surface area contributed by atoms with Crippen molar-refractivity contribution in [2.75, 3.05) is 20.1 Å². The fourth-order valence-corrected chi connectivity index (χ4v) is 4.96. The molecule has 4 rings (SSSR count). The Bertz CT molecular complexity index is 1080. The summed E-state index contributed by atoms with van der Waals surface area (Å²) in [6.07, 6.45) is 7.81. The molecule has 1 aromatic heterocycles. The Morgan fingerprint density at radius 2 is 1.88 bits per heavy atom. The maximum absolute atomic E-state index is 13.3. The van der Waals surface area contributed by atoms with Gasteiger partial charge in [-0.05, 0) is 67.5 Å². The molecule has 0 radical (unpaired) electrons. The summed E-state index contributed by atoms with van der Waals surface area (Å²) in [5.74, 6) is 0.126. The molecule has 1 atom stereocenters. The Morgan fingerprint density at radius 3 is 2.62 bits per heavy atom. The zero-order valence-electron chi connectivity index (χ0n) is 19.3. The van der Waals surface area contributed by atoms with Crippen molar-refractivity contribution in [3.8, 4) is 11.1 Å². The molecule has 0 aliphatic carbocycles. The molecule has 1 aliphatic rings. The standard InChI is InChI=1S/C27H32N4O/c1-20-9-10-22(13-21(20)2)17-31-12-6-11-27(18-31,26(32)28-3)14-23-7-4-5-8-25(23)24-15-29-19-30-16-24/h4-5,7-10,13,15-16,19H,6,11-12,14,17-18H2,1-3H3,(H,28,32). The molecule has 5 heteroatoms. The minimum absolute atomic E-state index is 0.126. The number of nitrogens with one attached hydrogen (secondary N) is 1. The van der Waals surface area contributed by atoms with Crippen LogP contribution in [0.15, 0.2) is 61.2 Å². The fraction of sp³-hybridized carbons (Fsp3) is 0.370. The summed E-state index contributed by atoms with van der Waals surface area (Å²) in [7, 11) is 1.75. The van der Waals surface area contributed by atoms with Crippen molar-refractivity contribution in [2.24, 2.45) is 5.41 Å². The lowest BCUT2D eigenvalue weighted by Gasteiger charge is -2.42. The average Bonchev–Trinajstić information content (AvgIpc) is 2.82. The van der Waals surface area contributed by atoms with Gasteiger partial charge in [-0.25, -0.2) is 9.97 Å². The van der Waals surface area contributed by atoms with E-state index in [0.29, 0.717) is 6.42 Å². The molecule has 5 nitrogen and oxygen atoms in total. The molecule has 2 aromatic carbocycles. The molecular weight excluding hydrogens is 396 g/mol. The molecule has 0 bridgehead atoms. The van der Waals surface area contributed by atoms with Gasteiger partial charge in [-0.15, -0.1) is 0 Å². The van der Waals surface area contributed by atoms with Crippen molar-refractivity contribution in [1.82, 2.24) is 20.2 Å². The van der Waals surface area contributed by atoms with Crippen LogP contribution in [0.5, 0.6) is 0 Å². The number of carbonyl (C=O) groups excluding carboxylic acids is 1. The highest BCUT2D eigenvalue weighted by Crippen LogP contribution is 2.37. The summed E-state index contributed by atoms with van der Waals surface area (Å²) in [5.41, 5.74) is 6.73. The van der Waals surface area contributed by atoms with Crippen LogP contribution >= 0.6 is 0 Å². The van der Waals surface area contributed by atoms with Crippen LogP contribution in [0.25, 0.3) is 11.1 Å². The van der Waals surface area contributed by atoms with Gasteiger partial charge < -0.3 is 5.32 Å². The van der Waals surface area contributed by atoms with Crippen LogP contribution in [0, 0.1) is 19.3 Å². The largest absolute Gasteiger partial charge is 0.359 e. The number of hydrogen-bond donors (Lipinski definition) is 1. The second-order valence-electron chi connectivity index (χ2n) is 9.05. The smallest absolute Gasteiger partial charge is 0.227 e. The fourth-order valence-electron chi connectivity index (χ4n) is 4.96. The first-order valence-electron chi connectivity index (χ1n) is 11.3. The third kappa shape index (κ3) is 4.73. The molecular formula is C27H32N4O. The van der Waals surface area contributed by atoms with Gasteiger partial charge in [-0.1, -0.05) is 42.5 Å². The summed E-state index contributed by atoms with van der Waals surface area (Å²) < 4.78 is 0. The van der Waals surface area contributed by atoms with E-state index in [2.05, 4.69) is 70.4 Å². The maximum Gasteiger partial charge on any atom is 0.227 e. The highest BCUT2D eigenvalue weighted by atomic mass is 16.2. The summed E-state index contributed by atoms with van der Waals surface area (Å²) in [6, 6.07) is 15.0. The Kier molecular flexibility index (Phi) is 6.66. The number of rotatable bonds is 6. The van der Waals surface area contributed by atoms with Crippen LogP contribution in [-0.4, -0.2) is 40.9 Å². The lowest BCUT2D eigenvalue weighted by Crippen LogP contribution is -2.52. The predicted molar refractivity (Wildman–Crippen MR) is 128 cm³/mol. The van der Waals surface area contributed by atoms with E-state index in [-0.39, 0.29) is 5.91 Å². The van der Waals surface area contributed by atoms with Crippen molar-refractivity contribution in [2.45, 2.75) is 39.7 Å². The molecule has 1 N–H and O–H groups in total. The molecule has 1 aliphatic heterocycles. The molecule has 1 amide bonds. The Morgan fingerprint density at radius 1 is 1.09 bits per heavy atom. The Balaban J connectivity index is 1.62. The average molecular weight is 429 g/mol. The molecule has 32 heavy (non-hydrogen) atoms. The van der Waals surface area contributed by atoms with E-state index in [0.717, 1.165) is 43.6 Å². The van der Waals surface area contributed by atoms with Crippen molar-refractivity contribution in [3.05, 3.63) is 83.4 Å².